The van der Waals surface area contributed by atoms with Crippen molar-refractivity contribution in [2.45, 2.75) is 51.5 Å². The van der Waals surface area contributed by atoms with Gasteiger partial charge in [0.1, 0.15) is 10.7 Å². The predicted molar refractivity (Wildman–Crippen MR) is 115 cm³/mol. The summed E-state index contributed by atoms with van der Waals surface area (Å²) in [4.78, 5) is 39.6. The first-order valence-corrected chi connectivity index (χ1v) is 11.7. The summed E-state index contributed by atoms with van der Waals surface area (Å²) in [5.74, 6) is 1.45. The molecule has 1 atom stereocenters. The number of hydrogen-bond donors (Lipinski definition) is 1. The fourth-order valence-electron chi connectivity index (χ4n) is 4.87. The van der Waals surface area contributed by atoms with E-state index in [-0.39, 0.29) is 11.5 Å². The van der Waals surface area contributed by atoms with Crippen molar-refractivity contribution in [1.82, 2.24) is 19.8 Å². The maximum Gasteiger partial charge on any atom is 0.259 e. The van der Waals surface area contributed by atoms with Crippen molar-refractivity contribution >= 4 is 27.5 Å². The van der Waals surface area contributed by atoms with Gasteiger partial charge >= 0.3 is 0 Å². The van der Waals surface area contributed by atoms with Crippen LogP contribution in [0.5, 0.6) is 0 Å². The molecular weight excluding hydrogens is 384 g/mol. The molecule has 0 aromatic carbocycles. The lowest BCUT2D eigenvalue weighted by Crippen LogP contribution is -2.48. The molecule has 0 radical (unpaired) electrons. The fraction of sp³-hybridized carbons (Fsp3) is 0.591. The standard InChI is InChI=1S/C22H28N4O2S/c27-19(13-15-5-1-2-6-15)26-11-9-25(10-12-26)14-18-23-21(28)20-16-7-3-4-8-17(16)29-22(20)24-18/h1,5,15H,2-4,6-14H2,(H,23,24,28). The molecule has 0 spiro atoms. The SMILES string of the molecule is O=C(CC1C=CCC1)N1CCN(Cc2nc3sc4c(c3c(=O)[nH]2)CCCC4)CC1. The lowest BCUT2D eigenvalue weighted by Gasteiger charge is -2.34. The van der Waals surface area contributed by atoms with E-state index in [1.54, 1.807) is 11.3 Å². The molecule has 0 bridgehead atoms. The van der Waals surface area contributed by atoms with Crippen molar-refractivity contribution in [1.29, 1.82) is 0 Å². The van der Waals surface area contributed by atoms with E-state index in [0.717, 1.165) is 67.9 Å². The second kappa shape index (κ2) is 8.03. The number of nitrogens with one attached hydrogen (secondary N) is 1. The summed E-state index contributed by atoms with van der Waals surface area (Å²) in [6.07, 6.45) is 11.7. The minimum Gasteiger partial charge on any atom is -0.340 e. The van der Waals surface area contributed by atoms with Gasteiger partial charge in [-0.3, -0.25) is 14.5 Å². The third-order valence-corrected chi connectivity index (χ3v) is 7.71. The Morgan fingerprint density at radius 1 is 1.21 bits per heavy atom. The average molecular weight is 413 g/mol. The Kier molecular flexibility index (Phi) is 5.26. The monoisotopic (exact) mass is 412 g/mol. The number of H-pyrrole nitrogens is 1. The summed E-state index contributed by atoms with van der Waals surface area (Å²) in [7, 11) is 0. The second-order valence-corrected chi connectivity index (χ2v) is 9.61. The molecule has 1 fully saturated rings. The molecule has 7 heteroatoms. The molecule has 6 nitrogen and oxygen atoms in total. The highest BCUT2D eigenvalue weighted by molar-refractivity contribution is 7.18. The Morgan fingerprint density at radius 2 is 2.03 bits per heavy atom. The predicted octanol–water partition coefficient (Wildman–Crippen LogP) is 2.86. The zero-order valence-electron chi connectivity index (χ0n) is 16.8. The molecule has 1 amide bonds. The van der Waals surface area contributed by atoms with E-state index in [2.05, 4.69) is 22.0 Å². The number of aryl methyl sites for hydroxylation is 2. The fourth-order valence-corrected chi connectivity index (χ4v) is 6.15. The van der Waals surface area contributed by atoms with Gasteiger partial charge in [0.15, 0.2) is 0 Å². The number of carbonyl (C=O) groups excluding carboxylic acids is 1. The Hall–Kier alpha value is -1.99. The van der Waals surface area contributed by atoms with Gasteiger partial charge in [-0.25, -0.2) is 4.98 Å². The molecule has 154 valence electrons. The highest BCUT2D eigenvalue weighted by Crippen LogP contribution is 2.33. The summed E-state index contributed by atoms with van der Waals surface area (Å²) in [5, 5.41) is 0.824. The van der Waals surface area contributed by atoms with Crippen LogP contribution in [0.25, 0.3) is 10.2 Å². The summed E-state index contributed by atoms with van der Waals surface area (Å²) in [5.41, 5.74) is 1.25. The van der Waals surface area contributed by atoms with E-state index in [9.17, 15) is 9.59 Å². The number of nitrogens with zero attached hydrogens (tertiary/aromatic N) is 3. The zero-order valence-corrected chi connectivity index (χ0v) is 17.6. The quantitative estimate of drug-likeness (QED) is 0.784. The van der Waals surface area contributed by atoms with Crippen LogP contribution >= 0.6 is 11.3 Å². The first-order valence-electron chi connectivity index (χ1n) is 10.9. The summed E-state index contributed by atoms with van der Waals surface area (Å²) < 4.78 is 0. The molecule has 2 aromatic heterocycles. The van der Waals surface area contributed by atoms with Gasteiger partial charge in [-0.2, -0.15) is 0 Å². The smallest absolute Gasteiger partial charge is 0.259 e. The Morgan fingerprint density at radius 3 is 2.83 bits per heavy atom. The number of carbonyl (C=O) groups is 1. The first-order chi connectivity index (χ1) is 14.2. The molecule has 5 rings (SSSR count). The molecule has 0 saturated carbocycles. The van der Waals surface area contributed by atoms with Gasteiger partial charge in [0, 0.05) is 37.5 Å². The molecule has 29 heavy (non-hydrogen) atoms. The molecular formula is C22H28N4O2S. The number of thiophene rings is 1. The van der Waals surface area contributed by atoms with Gasteiger partial charge in [-0.05, 0) is 50.0 Å². The Bertz CT molecular complexity index is 1000. The molecule has 1 saturated heterocycles. The number of piperazine rings is 1. The molecule has 2 aliphatic carbocycles. The maximum atomic E-state index is 12.7. The van der Waals surface area contributed by atoms with Gasteiger partial charge in [0.2, 0.25) is 5.91 Å². The van der Waals surface area contributed by atoms with Gasteiger partial charge in [-0.15, -0.1) is 11.3 Å². The average Bonchev–Trinajstić information content (AvgIpc) is 3.35. The van der Waals surface area contributed by atoms with E-state index in [1.165, 1.54) is 23.3 Å². The number of aromatic nitrogens is 2. The number of aromatic amines is 1. The minimum atomic E-state index is 0.0165. The maximum absolute atomic E-state index is 12.7. The topological polar surface area (TPSA) is 69.3 Å². The van der Waals surface area contributed by atoms with E-state index in [4.69, 9.17) is 4.98 Å². The highest BCUT2D eigenvalue weighted by Gasteiger charge is 2.25. The summed E-state index contributed by atoms with van der Waals surface area (Å²) in [6.45, 7) is 3.81. The molecule has 3 heterocycles. The third-order valence-electron chi connectivity index (χ3n) is 6.52. The van der Waals surface area contributed by atoms with E-state index >= 15 is 0 Å². The van der Waals surface area contributed by atoms with Crippen molar-refractivity contribution < 1.29 is 4.79 Å². The van der Waals surface area contributed by atoms with Gasteiger partial charge in [0.05, 0.1) is 11.9 Å². The van der Waals surface area contributed by atoms with Crippen molar-refractivity contribution in [3.63, 3.8) is 0 Å². The Labute approximate surface area is 174 Å². The van der Waals surface area contributed by atoms with Crippen LogP contribution in [0, 0.1) is 5.92 Å². The normalized spacial score (nSPS) is 22.3. The molecule has 1 unspecified atom stereocenters. The van der Waals surface area contributed by atoms with E-state index < -0.39 is 0 Å². The van der Waals surface area contributed by atoms with Gasteiger partial charge in [0.25, 0.3) is 5.56 Å². The van der Waals surface area contributed by atoms with Crippen LogP contribution in [0.3, 0.4) is 0 Å². The van der Waals surface area contributed by atoms with Crippen molar-refractivity contribution in [3.05, 3.63) is 38.8 Å². The lowest BCUT2D eigenvalue weighted by molar-refractivity contribution is -0.133. The van der Waals surface area contributed by atoms with Crippen LogP contribution in [0.2, 0.25) is 0 Å². The number of amides is 1. The van der Waals surface area contributed by atoms with Crippen molar-refractivity contribution in [2.24, 2.45) is 5.92 Å². The first kappa shape index (κ1) is 19.0. The van der Waals surface area contributed by atoms with Gasteiger partial charge in [-0.1, -0.05) is 12.2 Å². The number of hydrogen-bond acceptors (Lipinski definition) is 5. The summed E-state index contributed by atoms with van der Waals surface area (Å²) >= 11 is 1.70. The number of fused-ring (bicyclic) bond motifs is 3. The summed E-state index contributed by atoms with van der Waals surface area (Å²) in [6, 6.07) is 0. The number of allylic oxidation sites excluding steroid dienone is 2. The van der Waals surface area contributed by atoms with Crippen LogP contribution in [0.4, 0.5) is 0 Å². The van der Waals surface area contributed by atoms with Crippen LogP contribution in [-0.2, 0) is 24.2 Å². The van der Waals surface area contributed by atoms with Crippen LogP contribution in [0.15, 0.2) is 16.9 Å². The highest BCUT2D eigenvalue weighted by atomic mass is 32.1. The van der Waals surface area contributed by atoms with Crippen LogP contribution in [0.1, 0.15) is 48.4 Å². The van der Waals surface area contributed by atoms with Crippen molar-refractivity contribution in [3.8, 4) is 0 Å². The molecule has 1 N–H and O–H groups in total. The third kappa shape index (κ3) is 3.90. The molecule has 3 aliphatic rings. The largest absolute Gasteiger partial charge is 0.340 e. The molecule has 2 aromatic rings. The van der Waals surface area contributed by atoms with Crippen LogP contribution in [-0.4, -0.2) is 51.9 Å². The number of rotatable bonds is 4. The lowest BCUT2D eigenvalue weighted by atomic mass is 9.97. The van der Waals surface area contributed by atoms with Crippen molar-refractivity contribution in [2.75, 3.05) is 26.2 Å². The molecule has 1 aliphatic heterocycles. The van der Waals surface area contributed by atoms with Gasteiger partial charge < -0.3 is 9.88 Å². The zero-order chi connectivity index (χ0) is 19.8. The van der Waals surface area contributed by atoms with E-state index in [0.29, 0.717) is 18.9 Å². The van der Waals surface area contributed by atoms with Crippen LogP contribution < -0.4 is 5.56 Å². The Balaban J connectivity index is 1.22. The minimum absolute atomic E-state index is 0.0165. The second-order valence-electron chi connectivity index (χ2n) is 8.53. The van der Waals surface area contributed by atoms with E-state index in [1.807, 2.05) is 4.90 Å².